The van der Waals surface area contributed by atoms with E-state index in [1.54, 1.807) is 31.4 Å². The van der Waals surface area contributed by atoms with E-state index in [-0.39, 0.29) is 42.2 Å². The third-order valence-electron chi connectivity index (χ3n) is 14.8. The van der Waals surface area contributed by atoms with Crippen LogP contribution in [0.4, 0.5) is 0 Å². The molecule has 7 heterocycles. The number of hydrogen-bond acceptors (Lipinski definition) is 16. The van der Waals surface area contributed by atoms with Crippen molar-refractivity contribution in [1.82, 2.24) is 15.1 Å². The molecule has 0 amide bonds. The molecule has 4 bridgehead atoms. The Kier molecular flexibility index (Phi) is 12.1. The number of nitrogens with one attached hydrogen (secondary N) is 1. The Labute approximate surface area is 414 Å². The highest BCUT2D eigenvalue weighted by Crippen LogP contribution is 2.64. The summed E-state index contributed by atoms with van der Waals surface area (Å²) in [5, 5.41) is 26.8. The van der Waals surface area contributed by atoms with Gasteiger partial charge in [-0.3, -0.25) is 15.1 Å². The number of aliphatic hydroxyl groups is 1. The SMILES string of the molecule is COc1cc2c(cc1O)CCN[C@]21CS[C@@H]2c3c(OC(=O)/C=C/c4ccccc4)c(C)c4c(c3[C@H](COC1=O)N1C2[C@@H]2c3c(cc(C)c(OC)c3OC(=O)/C=C/c3ccccc3)C[C@@H]([C@@H]1O)N2C)OCO4. The van der Waals surface area contributed by atoms with Crippen molar-refractivity contribution in [2.24, 2.45) is 0 Å². The Morgan fingerprint density at radius 3 is 2.18 bits per heavy atom. The Morgan fingerprint density at radius 2 is 1.51 bits per heavy atom. The number of phenols is 1. The van der Waals surface area contributed by atoms with Crippen LogP contribution in [-0.2, 0) is 37.5 Å². The monoisotopic (exact) mass is 979 g/mol. The lowest BCUT2D eigenvalue weighted by molar-refractivity contribution is -0.186. The van der Waals surface area contributed by atoms with E-state index in [1.165, 1.54) is 31.0 Å². The number of likely N-dealkylation sites (N-methyl/N-ethyl adjacent to an activating group) is 1. The average molecular weight is 980 g/mol. The summed E-state index contributed by atoms with van der Waals surface area (Å²) in [5.74, 6) is 0.140. The maximum Gasteiger partial charge on any atom is 0.336 e. The molecule has 0 aliphatic carbocycles. The van der Waals surface area contributed by atoms with E-state index < -0.39 is 59.1 Å². The number of esters is 3. The molecule has 366 valence electrons. The molecule has 7 aliphatic heterocycles. The summed E-state index contributed by atoms with van der Waals surface area (Å²) in [4.78, 5) is 47.5. The first-order valence-corrected chi connectivity index (χ1v) is 24.6. The van der Waals surface area contributed by atoms with Gasteiger partial charge < -0.3 is 43.4 Å². The van der Waals surface area contributed by atoms with Crippen LogP contribution in [0.2, 0.25) is 0 Å². The van der Waals surface area contributed by atoms with Gasteiger partial charge in [0.15, 0.2) is 40.0 Å². The number of carbonyl (C=O) groups is 3. The number of nitrogens with zero attached hydrogens (tertiary/aromatic N) is 2. The van der Waals surface area contributed by atoms with Gasteiger partial charge in [0.25, 0.3) is 0 Å². The topological polar surface area (TPSA) is 175 Å². The zero-order chi connectivity index (χ0) is 49.3. The molecule has 1 spiro atoms. The van der Waals surface area contributed by atoms with Crippen molar-refractivity contribution in [3.8, 4) is 40.2 Å². The summed E-state index contributed by atoms with van der Waals surface area (Å²) >= 11 is 1.44. The van der Waals surface area contributed by atoms with Gasteiger partial charge >= 0.3 is 17.9 Å². The van der Waals surface area contributed by atoms with Crippen LogP contribution < -0.4 is 33.7 Å². The normalized spacial score (nSPS) is 25.2. The van der Waals surface area contributed by atoms with Gasteiger partial charge in [-0.1, -0.05) is 66.7 Å². The van der Waals surface area contributed by atoms with Crippen molar-refractivity contribution >= 4 is 41.8 Å². The number of methoxy groups -OCH3 is 2. The minimum atomic E-state index is -1.44. The van der Waals surface area contributed by atoms with Gasteiger partial charge in [0.05, 0.1) is 37.6 Å². The average Bonchev–Trinajstić information content (AvgIpc) is 3.87. The van der Waals surface area contributed by atoms with E-state index in [9.17, 15) is 19.8 Å². The van der Waals surface area contributed by atoms with Crippen LogP contribution >= 0.6 is 11.8 Å². The van der Waals surface area contributed by atoms with Crippen molar-refractivity contribution in [2.75, 3.05) is 47.0 Å². The standard InChI is InChI=1S/C55H53N3O12S/c1-29-22-34-23-36-53(62)58-37-26-66-54(63)55(35-25-39(64-4)38(59)24-33(35)20-21-56-55)27-71-52(44-43(37)50-49(67-28-68-50)30(2)48(44)69-40(60)18-16-31-12-8-6-9-13-31)46(58)45(57(36)3)42(34)51(47(29)65-5)70-41(61)19-17-32-14-10-7-11-15-32/h6-19,22,24-25,36-37,45-46,52-53,56,59,62H,20-21,23,26-28H2,1-5H3/b18-16+,19-17+/t36-,37-,45-,46?,52+,53-,55+/m0/s1. The largest absolute Gasteiger partial charge is 0.504 e. The van der Waals surface area contributed by atoms with Crippen LogP contribution in [0.1, 0.15) is 73.0 Å². The second-order valence-electron chi connectivity index (χ2n) is 18.6. The Balaban J connectivity index is 1.13. The van der Waals surface area contributed by atoms with Crippen molar-refractivity contribution in [2.45, 2.75) is 67.9 Å². The van der Waals surface area contributed by atoms with Crippen LogP contribution in [0.5, 0.6) is 40.2 Å². The number of aliphatic hydroxyl groups excluding tert-OH is 1. The quantitative estimate of drug-likeness (QED) is 0.0822. The lowest BCUT2D eigenvalue weighted by atomic mass is 9.73. The molecule has 0 aromatic heterocycles. The molecular formula is C55H53N3O12S. The molecule has 2 saturated heterocycles. The predicted molar refractivity (Wildman–Crippen MR) is 264 cm³/mol. The highest BCUT2D eigenvalue weighted by Gasteiger charge is 2.61. The minimum absolute atomic E-state index is 0.0467. The van der Waals surface area contributed by atoms with Crippen molar-refractivity contribution in [1.29, 1.82) is 0 Å². The number of piperazine rings is 1. The number of aromatic hydroxyl groups is 1. The number of rotatable bonds is 8. The third kappa shape index (κ3) is 7.71. The van der Waals surface area contributed by atoms with Crippen molar-refractivity contribution in [3.63, 3.8) is 0 Å². The fraction of sp³-hybridized carbons (Fsp3) is 0.327. The number of phenolic OH excluding ortho intramolecular Hbond substituents is 1. The lowest BCUT2D eigenvalue weighted by Gasteiger charge is -2.62. The first-order valence-electron chi connectivity index (χ1n) is 23.6. The first-order chi connectivity index (χ1) is 34.4. The zero-order valence-corrected chi connectivity index (χ0v) is 40.6. The third-order valence-corrected chi connectivity index (χ3v) is 16.3. The van der Waals surface area contributed by atoms with Crippen LogP contribution in [-0.4, -0.2) is 103 Å². The van der Waals surface area contributed by atoms with Crippen molar-refractivity contribution < 1.29 is 57.8 Å². The maximum atomic E-state index is 15.1. The van der Waals surface area contributed by atoms with Gasteiger partial charge in [0, 0.05) is 52.7 Å². The molecule has 71 heavy (non-hydrogen) atoms. The predicted octanol–water partition coefficient (Wildman–Crippen LogP) is 7.02. The summed E-state index contributed by atoms with van der Waals surface area (Å²) in [5.41, 5.74) is 5.59. The molecule has 5 aromatic carbocycles. The molecule has 16 heteroatoms. The number of carbonyl (C=O) groups excluding carboxylic acids is 3. The van der Waals surface area contributed by atoms with Gasteiger partial charge in [-0.2, -0.15) is 0 Å². The number of hydrogen-bond donors (Lipinski definition) is 3. The Hall–Kier alpha value is -6.82. The van der Waals surface area contributed by atoms with Gasteiger partial charge in [0.1, 0.15) is 18.6 Å². The molecule has 12 rings (SSSR count). The van der Waals surface area contributed by atoms with Crippen LogP contribution in [0.3, 0.4) is 0 Å². The van der Waals surface area contributed by atoms with Gasteiger partial charge in [-0.15, -0.1) is 11.8 Å². The van der Waals surface area contributed by atoms with Crippen LogP contribution in [0, 0.1) is 13.8 Å². The smallest absolute Gasteiger partial charge is 0.336 e. The molecule has 2 fully saturated rings. The number of aryl methyl sites for hydroxylation is 1. The molecule has 0 saturated carbocycles. The fourth-order valence-electron chi connectivity index (χ4n) is 11.7. The van der Waals surface area contributed by atoms with E-state index in [0.717, 1.165) is 27.8 Å². The van der Waals surface area contributed by atoms with Gasteiger partial charge in [-0.05, 0) is 91.4 Å². The lowest BCUT2D eigenvalue weighted by Crippen LogP contribution is -2.70. The summed E-state index contributed by atoms with van der Waals surface area (Å²) < 4.78 is 43.7. The summed E-state index contributed by atoms with van der Waals surface area (Å²) in [6, 6.07) is 21.6. The summed E-state index contributed by atoms with van der Waals surface area (Å²) in [7, 11) is 4.97. The van der Waals surface area contributed by atoms with Crippen molar-refractivity contribution in [3.05, 3.63) is 147 Å². The molecular weight excluding hydrogens is 927 g/mol. The minimum Gasteiger partial charge on any atom is -0.504 e. The number of fused-ring (bicyclic) bond motifs is 9. The van der Waals surface area contributed by atoms with E-state index in [4.69, 9.17) is 33.2 Å². The summed E-state index contributed by atoms with van der Waals surface area (Å²) in [6.07, 6.45) is 5.92. The number of thioether (sulfide) groups is 1. The second kappa shape index (κ2) is 18.4. The summed E-state index contributed by atoms with van der Waals surface area (Å²) in [6.45, 7) is 3.75. The number of benzene rings is 5. The van der Waals surface area contributed by atoms with Crippen LogP contribution in [0.25, 0.3) is 12.2 Å². The second-order valence-corrected chi connectivity index (χ2v) is 19.8. The van der Waals surface area contributed by atoms with E-state index in [0.29, 0.717) is 64.5 Å². The molecule has 7 aliphatic rings. The van der Waals surface area contributed by atoms with Crippen LogP contribution in [0.15, 0.2) is 91.0 Å². The highest BCUT2D eigenvalue weighted by molar-refractivity contribution is 7.99. The fourth-order valence-corrected chi connectivity index (χ4v) is 13.3. The molecule has 15 nitrogen and oxygen atoms in total. The zero-order valence-electron chi connectivity index (χ0n) is 39.8. The maximum absolute atomic E-state index is 15.1. The Bertz CT molecular complexity index is 3040. The molecule has 1 unspecified atom stereocenters. The van der Waals surface area contributed by atoms with E-state index in [2.05, 4.69) is 10.2 Å². The van der Waals surface area contributed by atoms with E-state index in [1.807, 2.05) is 92.5 Å². The highest BCUT2D eigenvalue weighted by atomic mass is 32.2. The Morgan fingerprint density at radius 1 is 0.831 bits per heavy atom. The molecule has 5 aromatic rings. The molecule has 0 radical (unpaired) electrons. The van der Waals surface area contributed by atoms with Gasteiger partial charge in [-0.25, -0.2) is 14.4 Å². The molecule has 7 atom stereocenters. The number of ether oxygens (including phenoxy) is 7. The first kappa shape index (κ1) is 46.6. The molecule has 3 N–H and O–H groups in total. The van der Waals surface area contributed by atoms with E-state index >= 15 is 4.79 Å². The van der Waals surface area contributed by atoms with Gasteiger partial charge in [0.2, 0.25) is 6.79 Å².